The van der Waals surface area contributed by atoms with Crippen molar-refractivity contribution in [3.8, 4) is 40.0 Å². The Morgan fingerprint density at radius 3 is 2.12 bits per heavy atom. The van der Waals surface area contributed by atoms with Crippen LogP contribution in [0.5, 0.6) is 28.7 Å². The van der Waals surface area contributed by atoms with Crippen LogP contribution in [0.15, 0.2) is 35.0 Å². The van der Waals surface area contributed by atoms with E-state index in [-0.39, 0.29) is 11.4 Å². The molecule has 0 aliphatic heterocycles. The third-order valence-corrected chi connectivity index (χ3v) is 4.46. The third kappa shape index (κ3) is 4.69. The summed E-state index contributed by atoms with van der Waals surface area (Å²) >= 11 is 0. The molecule has 0 fully saturated rings. The molecule has 10 nitrogen and oxygen atoms in total. The van der Waals surface area contributed by atoms with E-state index in [4.69, 9.17) is 28.3 Å². The minimum Gasteiger partial charge on any atom is -0.493 e. The lowest BCUT2D eigenvalue weighted by atomic mass is 10.1. The Balaban J connectivity index is 1.91. The molecule has 0 unspecified atom stereocenters. The van der Waals surface area contributed by atoms with Gasteiger partial charge in [-0.3, -0.25) is 4.79 Å². The van der Waals surface area contributed by atoms with E-state index in [9.17, 15) is 4.79 Å². The fourth-order valence-electron chi connectivity index (χ4n) is 3.05. The molecule has 1 heterocycles. The molecule has 0 atom stereocenters. The molecular weight excluding hydrogens is 418 g/mol. The minimum atomic E-state index is -0.461. The summed E-state index contributed by atoms with van der Waals surface area (Å²) in [4.78, 5) is 12.9. The van der Waals surface area contributed by atoms with Crippen LogP contribution in [0.3, 0.4) is 0 Å². The van der Waals surface area contributed by atoms with Gasteiger partial charge in [0.15, 0.2) is 28.7 Å². The Morgan fingerprint density at radius 2 is 1.53 bits per heavy atom. The van der Waals surface area contributed by atoms with Crippen LogP contribution in [-0.2, 0) is 0 Å². The van der Waals surface area contributed by atoms with E-state index < -0.39 is 5.91 Å². The van der Waals surface area contributed by atoms with Crippen molar-refractivity contribution in [1.82, 2.24) is 10.3 Å². The van der Waals surface area contributed by atoms with Crippen molar-refractivity contribution in [2.45, 2.75) is 13.8 Å². The number of carbonyl (C=O) groups excluding carboxylic acids is 1. The standard InChI is InChI=1S/C22H25N3O7/c1-6-30-15-9-8-13(10-16(15)31-7-2)19-21(25-32-24-19)23-22(26)14-11-17(27-3)20(29-5)18(12-14)28-4/h8-12H,6-7H2,1-5H3,(H,23,25,26). The lowest BCUT2D eigenvalue weighted by Crippen LogP contribution is -2.13. The molecule has 0 saturated heterocycles. The Morgan fingerprint density at radius 1 is 0.875 bits per heavy atom. The summed E-state index contributed by atoms with van der Waals surface area (Å²) < 4.78 is 32.0. The van der Waals surface area contributed by atoms with E-state index in [1.165, 1.54) is 33.5 Å². The van der Waals surface area contributed by atoms with Gasteiger partial charge >= 0.3 is 0 Å². The molecule has 32 heavy (non-hydrogen) atoms. The predicted molar refractivity (Wildman–Crippen MR) is 116 cm³/mol. The Kier molecular flexibility index (Phi) is 7.37. The lowest BCUT2D eigenvalue weighted by Gasteiger charge is -2.14. The van der Waals surface area contributed by atoms with Gasteiger partial charge in [-0.2, -0.15) is 0 Å². The van der Waals surface area contributed by atoms with E-state index in [1.807, 2.05) is 13.8 Å². The molecule has 1 aromatic heterocycles. The van der Waals surface area contributed by atoms with Crippen LogP contribution in [-0.4, -0.2) is 50.8 Å². The first-order chi connectivity index (χ1) is 15.6. The van der Waals surface area contributed by atoms with E-state index in [2.05, 4.69) is 15.6 Å². The molecule has 0 radical (unpaired) electrons. The van der Waals surface area contributed by atoms with Crippen molar-refractivity contribution in [2.75, 3.05) is 39.9 Å². The number of benzene rings is 2. The second-order valence-corrected chi connectivity index (χ2v) is 6.36. The number of hydrogen-bond donors (Lipinski definition) is 1. The molecule has 1 N–H and O–H groups in total. The van der Waals surface area contributed by atoms with Crippen molar-refractivity contribution >= 4 is 11.7 Å². The predicted octanol–water partition coefficient (Wildman–Crippen LogP) is 3.81. The van der Waals surface area contributed by atoms with E-state index in [1.54, 1.807) is 18.2 Å². The van der Waals surface area contributed by atoms with Crippen LogP contribution in [0, 0.1) is 0 Å². The minimum absolute atomic E-state index is 0.148. The second-order valence-electron chi connectivity index (χ2n) is 6.36. The zero-order chi connectivity index (χ0) is 23.1. The van der Waals surface area contributed by atoms with E-state index >= 15 is 0 Å². The number of carbonyl (C=O) groups is 1. The van der Waals surface area contributed by atoms with Gasteiger partial charge in [0, 0.05) is 11.1 Å². The van der Waals surface area contributed by atoms with Crippen LogP contribution in [0.25, 0.3) is 11.3 Å². The molecular formula is C22H25N3O7. The summed E-state index contributed by atoms with van der Waals surface area (Å²) in [6.45, 7) is 4.73. The first-order valence-corrected chi connectivity index (χ1v) is 9.90. The number of anilines is 1. The van der Waals surface area contributed by atoms with Gasteiger partial charge in [-0.1, -0.05) is 0 Å². The van der Waals surface area contributed by atoms with Gasteiger partial charge in [0.05, 0.1) is 34.5 Å². The zero-order valence-corrected chi connectivity index (χ0v) is 18.6. The molecule has 0 aliphatic rings. The van der Waals surface area contributed by atoms with Crippen LogP contribution >= 0.6 is 0 Å². The number of amides is 1. The van der Waals surface area contributed by atoms with Crippen LogP contribution in [0.1, 0.15) is 24.2 Å². The number of nitrogens with zero attached hydrogens (tertiary/aromatic N) is 2. The fraction of sp³-hybridized carbons (Fsp3) is 0.318. The molecule has 0 saturated carbocycles. The lowest BCUT2D eigenvalue weighted by molar-refractivity contribution is 0.102. The summed E-state index contributed by atoms with van der Waals surface area (Å²) in [7, 11) is 4.43. The molecule has 170 valence electrons. The Labute approximate surface area is 185 Å². The second kappa shape index (κ2) is 10.4. The maximum atomic E-state index is 12.9. The molecule has 0 bridgehead atoms. The first kappa shape index (κ1) is 22.7. The largest absolute Gasteiger partial charge is 0.493 e. The highest BCUT2D eigenvalue weighted by atomic mass is 16.6. The zero-order valence-electron chi connectivity index (χ0n) is 18.6. The van der Waals surface area contributed by atoms with Gasteiger partial charge in [0.1, 0.15) is 0 Å². The van der Waals surface area contributed by atoms with Gasteiger partial charge in [-0.15, -0.1) is 0 Å². The van der Waals surface area contributed by atoms with Gasteiger partial charge in [0.2, 0.25) is 11.6 Å². The monoisotopic (exact) mass is 443 g/mol. The number of rotatable bonds is 10. The Hall–Kier alpha value is -3.95. The van der Waals surface area contributed by atoms with Gasteiger partial charge in [-0.05, 0) is 54.5 Å². The van der Waals surface area contributed by atoms with E-state index in [0.717, 1.165) is 0 Å². The van der Waals surface area contributed by atoms with Crippen LogP contribution < -0.4 is 29.0 Å². The van der Waals surface area contributed by atoms with Gasteiger partial charge in [0.25, 0.3) is 5.91 Å². The van der Waals surface area contributed by atoms with Crippen LogP contribution in [0.2, 0.25) is 0 Å². The third-order valence-electron chi connectivity index (χ3n) is 4.46. The average molecular weight is 443 g/mol. The Bertz CT molecular complexity index is 1060. The highest BCUT2D eigenvalue weighted by Gasteiger charge is 2.21. The quantitative estimate of drug-likeness (QED) is 0.499. The normalized spacial score (nSPS) is 10.4. The molecule has 0 spiro atoms. The molecule has 3 rings (SSSR count). The fourth-order valence-corrected chi connectivity index (χ4v) is 3.05. The molecule has 1 amide bonds. The van der Waals surface area contributed by atoms with Crippen LogP contribution in [0.4, 0.5) is 5.82 Å². The maximum absolute atomic E-state index is 12.9. The summed E-state index contributed by atoms with van der Waals surface area (Å²) in [5.41, 5.74) is 1.25. The molecule has 0 aliphatic carbocycles. The van der Waals surface area contributed by atoms with E-state index in [0.29, 0.717) is 53.2 Å². The first-order valence-electron chi connectivity index (χ1n) is 9.90. The number of ether oxygens (including phenoxy) is 5. The topological polar surface area (TPSA) is 114 Å². The average Bonchev–Trinajstić information content (AvgIpc) is 3.27. The summed E-state index contributed by atoms with van der Waals surface area (Å²) in [6, 6.07) is 8.37. The van der Waals surface area contributed by atoms with Crippen molar-refractivity contribution < 1.29 is 33.1 Å². The van der Waals surface area contributed by atoms with Gasteiger partial charge < -0.3 is 29.0 Å². The van der Waals surface area contributed by atoms with Crippen molar-refractivity contribution in [2.24, 2.45) is 0 Å². The number of methoxy groups -OCH3 is 3. The molecule has 10 heteroatoms. The summed E-state index contributed by atoms with van der Waals surface area (Å²) in [5, 5.41) is 10.5. The number of hydrogen-bond acceptors (Lipinski definition) is 9. The van der Waals surface area contributed by atoms with Crippen molar-refractivity contribution in [3.63, 3.8) is 0 Å². The summed E-state index contributed by atoms with van der Waals surface area (Å²) in [6.07, 6.45) is 0. The SMILES string of the molecule is CCOc1ccc(-c2nonc2NC(=O)c2cc(OC)c(OC)c(OC)c2)cc1OCC. The molecule has 3 aromatic rings. The highest BCUT2D eigenvalue weighted by molar-refractivity contribution is 6.06. The van der Waals surface area contributed by atoms with Crippen molar-refractivity contribution in [3.05, 3.63) is 35.9 Å². The smallest absolute Gasteiger partial charge is 0.257 e. The maximum Gasteiger partial charge on any atom is 0.257 e. The summed E-state index contributed by atoms with van der Waals surface area (Å²) in [5.74, 6) is 1.93. The molecule has 2 aromatic carbocycles. The highest BCUT2D eigenvalue weighted by Crippen LogP contribution is 2.39. The number of aromatic nitrogens is 2. The number of nitrogens with one attached hydrogen (secondary N) is 1. The van der Waals surface area contributed by atoms with Crippen molar-refractivity contribution in [1.29, 1.82) is 0 Å². The van der Waals surface area contributed by atoms with Gasteiger partial charge in [-0.25, -0.2) is 4.63 Å².